The summed E-state index contributed by atoms with van der Waals surface area (Å²) in [5.41, 5.74) is 2.23. The van der Waals surface area contributed by atoms with Crippen LogP contribution in [0.5, 0.6) is 5.75 Å². The average Bonchev–Trinajstić information content (AvgIpc) is 2.65. The molecule has 0 bridgehead atoms. The standard InChI is InChI=1S/C11H10BrNO/c1-14-9-4-2-8(3-5-9)11-10(12)6-7-13-11/h2-7,13H,1H3. The van der Waals surface area contributed by atoms with Gasteiger partial charge in [0.1, 0.15) is 5.75 Å². The van der Waals surface area contributed by atoms with Gasteiger partial charge in [0.25, 0.3) is 0 Å². The molecule has 1 aromatic heterocycles. The average molecular weight is 252 g/mol. The molecule has 0 fully saturated rings. The third-order valence-electron chi connectivity index (χ3n) is 2.07. The van der Waals surface area contributed by atoms with Crippen molar-refractivity contribution in [3.05, 3.63) is 41.0 Å². The zero-order valence-corrected chi connectivity index (χ0v) is 9.34. The van der Waals surface area contributed by atoms with Crippen LogP contribution in [0.15, 0.2) is 41.0 Å². The van der Waals surface area contributed by atoms with E-state index in [1.807, 2.05) is 36.5 Å². The predicted molar refractivity (Wildman–Crippen MR) is 60.5 cm³/mol. The van der Waals surface area contributed by atoms with E-state index in [4.69, 9.17) is 4.74 Å². The minimum atomic E-state index is 0.872. The van der Waals surface area contributed by atoms with Crippen molar-refractivity contribution >= 4 is 15.9 Å². The van der Waals surface area contributed by atoms with Crippen molar-refractivity contribution < 1.29 is 4.74 Å². The number of aromatic nitrogens is 1. The molecule has 1 heterocycles. The van der Waals surface area contributed by atoms with E-state index < -0.39 is 0 Å². The van der Waals surface area contributed by atoms with E-state index in [0.717, 1.165) is 21.5 Å². The van der Waals surface area contributed by atoms with Crippen LogP contribution in [-0.4, -0.2) is 12.1 Å². The van der Waals surface area contributed by atoms with Crippen LogP contribution in [0.2, 0.25) is 0 Å². The van der Waals surface area contributed by atoms with Crippen molar-refractivity contribution in [3.63, 3.8) is 0 Å². The van der Waals surface area contributed by atoms with Crippen molar-refractivity contribution in [1.82, 2.24) is 4.98 Å². The Kier molecular flexibility index (Phi) is 2.59. The van der Waals surface area contributed by atoms with Crippen LogP contribution >= 0.6 is 15.9 Å². The molecule has 2 rings (SSSR count). The van der Waals surface area contributed by atoms with E-state index in [2.05, 4.69) is 20.9 Å². The molecule has 0 saturated carbocycles. The second-order valence-electron chi connectivity index (χ2n) is 2.93. The Labute approximate surface area is 91.0 Å². The van der Waals surface area contributed by atoms with E-state index in [1.165, 1.54) is 0 Å². The van der Waals surface area contributed by atoms with Crippen molar-refractivity contribution in [1.29, 1.82) is 0 Å². The van der Waals surface area contributed by atoms with Crippen LogP contribution in [0.1, 0.15) is 0 Å². The van der Waals surface area contributed by atoms with Crippen LogP contribution < -0.4 is 4.74 Å². The number of rotatable bonds is 2. The first-order chi connectivity index (χ1) is 6.81. The maximum atomic E-state index is 5.09. The molecule has 0 unspecified atom stereocenters. The van der Waals surface area contributed by atoms with Crippen LogP contribution in [0.4, 0.5) is 0 Å². The summed E-state index contributed by atoms with van der Waals surface area (Å²) in [6.07, 6.45) is 1.91. The molecule has 0 amide bonds. The molecule has 14 heavy (non-hydrogen) atoms. The molecule has 0 radical (unpaired) electrons. The zero-order valence-electron chi connectivity index (χ0n) is 7.75. The van der Waals surface area contributed by atoms with E-state index in [1.54, 1.807) is 7.11 Å². The fourth-order valence-corrected chi connectivity index (χ4v) is 1.80. The van der Waals surface area contributed by atoms with Gasteiger partial charge in [-0.25, -0.2) is 0 Å². The molecule has 72 valence electrons. The number of benzene rings is 1. The summed E-state index contributed by atoms with van der Waals surface area (Å²) in [6, 6.07) is 9.93. The van der Waals surface area contributed by atoms with Crippen molar-refractivity contribution in [2.24, 2.45) is 0 Å². The number of ether oxygens (including phenoxy) is 1. The van der Waals surface area contributed by atoms with Gasteiger partial charge in [-0.3, -0.25) is 0 Å². The monoisotopic (exact) mass is 251 g/mol. The fraction of sp³-hybridized carbons (Fsp3) is 0.0909. The topological polar surface area (TPSA) is 25.0 Å². The number of hydrogen-bond acceptors (Lipinski definition) is 1. The van der Waals surface area contributed by atoms with E-state index in [0.29, 0.717) is 0 Å². The third kappa shape index (κ3) is 1.68. The van der Waals surface area contributed by atoms with Crippen LogP contribution in [0.3, 0.4) is 0 Å². The lowest BCUT2D eigenvalue weighted by Gasteiger charge is -2.02. The van der Waals surface area contributed by atoms with Crippen molar-refractivity contribution in [2.45, 2.75) is 0 Å². The second-order valence-corrected chi connectivity index (χ2v) is 3.78. The lowest BCUT2D eigenvalue weighted by Crippen LogP contribution is -1.82. The highest BCUT2D eigenvalue weighted by Crippen LogP contribution is 2.27. The Morgan fingerprint density at radius 1 is 1.14 bits per heavy atom. The Bertz CT molecular complexity index is 419. The minimum Gasteiger partial charge on any atom is -0.497 e. The molecule has 1 aromatic carbocycles. The van der Waals surface area contributed by atoms with Crippen LogP contribution in [0, 0.1) is 0 Å². The molecular weight excluding hydrogens is 242 g/mol. The summed E-state index contributed by atoms with van der Waals surface area (Å²) in [6.45, 7) is 0. The van der Waals surface area contributed by atoms with Gasteiger partial charge in [-0.15, -0.1) is 0 Å². The van der Waals surface area contributed by atoms with Gasteiger partial charge in [-0.05, 0) is 51.8 Å². The molecule has 0 saturated heterocycles. The predicted octanol–water partition coefficient (Wildman–Crippen LogP) is 3.45. The van der Waals surface area contributed by atoms with Gasteiger partial charge in [0.2, 0.25) is 0 Å². The number of methoxy groups -OCH3 is 1. The quantitative estimate of drug-likeness (QED) is 0.869. The molecule has 0 aliphatic heterocycles. The van der Waals surface area contributed by atoms with Crippen LogP contribution in [0.25, 0.3) is 11.3 Å². The number of halogens is 1. The van der Waals surface area contributed by atoms with Gasteiger partial charge in [-0.1, -0.05) is 0 Å². The molecule has 0 aliphatic carbocycles. The molecular formula is C11H10BrNO. The Morgan fingerprint density at radius 2 is 1.86 bits per heavy atom. The molecule has 0 spiro atoms. The first-order valence-electron chi connectivity index (χ1n) is 4.28. The Morgan fingerprint density at radius 3 is 2.36 bits per heavy atom. The first kappa shape index (κ1) is 9.34. The molecule has 2 aromatic rings. The largest absolute Gasteiger partial charge is 0.497 e. The van der Waals surface area contributed by atoms with E-state index >= 15 is 0 Å². The third-order valence-corrected chi connectivity index (χ3v) is 2.74. The number of aromatic amines is 1. The summed E-state index contributed by atoms with van der Waals surface area (Å²) in [5.74, 6) is 0.872. The molecule has 2 nitrogen and oxygen atoms in total. The summed E-state index contributed by atoms with van der Waals surface area (Å²) in [7, 11) is 1.67. The molecule has 0 atom stereocenters. The number of nitrogens with one attached hydrogen (secondary N) is 1. The second kappa shape index (κ2) is 3.88. The summed E-state index contributed by atoms with van der Waals surface area (Å²) in [5, 5.41) is 0. The highest BCUT2D eigenvalue weighted by Gasteiger charge is 2.03. The van der Waals surface area contributed by atoms with Crippen molar-refractivity contribution in [3.8, 4) is 17.0 Å². The van der Waals surface area contributed by atoms with E-state index in [9.17, 15) is 0 Å². The smallest absolute Gasteiger partial charge is 0.118 e. The normalized spacial score (nSPS) is 10.1. The Balaban J connectivity index is 2.39. The molecule has 0 aliphatic rings. The lowest BCUT2D eigenvalue weighted by molar-refractivity contribution is 0.415. The summed E-state index contributed by atoms with van der Waals surface area (Å²) in [4.78, 5) is 3.17. The van der Waals surface area contributed by atoms with E-state index in [-0.39, 0.29) is 0 Å². The van der Waals surface area contributed by atoms with Gasteiger partial charge in [0, 0.05) is 10.7 Å². The van der Waals surface area contributed by atoms with Gasteiger partial charge in [0.05, 0.1) is 12.8 Å². The molecule has 3 heteroatoms. The van der Waals surface area contributed by atoms with Crippen LogP contribution in [-0.2, 0) is 0 Å². The number of H-pyrrole nitrogens is 1. The van der Waals surface area contributed by atoms with Gasteiger partial charge >= 0.3 is 0 Å². The highest BCUT2D eigenvalue weighted by atomic mass is 79.9. The highest BCUT2D eigenvalue weighted by molar-refractivity contribution is 9.10. The lowest BCUT2D eigenvalue weighted by atomic mass is 10.1. The van der Waals surface area contributed by atoms with Gasteiger partial charge in [-0.2, -0.15) is 0 Å². The fourth-order valence-electron chi connectivity index (χ4n) is 1.33. The summed E-state index contributed by atoms with van der Waals surface area (Å²) >= 11 is 3.48. The zero-order chi connectivity index (χ0) is 9.97. The van der Waals surface area contributed by atoms with Gasteiger partial charge < -0.3 is 9.72 Å². The minimum absolute atomic E-state index is 0.872. The SMILES string of the molecule is COc1ccc(-c2[nH]ccc2Br)cc1. The van der Waals surface area contributed by atoms with Gasteiger partial charge in [0.15, 0.2) is 0 Å². The summed E-state index contributed by atoms with van der Waals surface area (Å²) < 4.78 is 6.17. The Hall–Kier alpha value is -1.22. The maximum Gasteiger partial charge on any atom is 0.118 e. The number of hydrogen-bond donors (Lipinski definition) is 1. The molecule has 1 N–H and O–H groups in total. The first-order valence-corrected chi connectivity index (χ1v) is 5.08. The van der Waals surface area contributed by atoms with Crippen molar-refractivity contribution in [2.75, 3.05) is 7.11 Å². The maximum absolute atomic E-state index is 5.09.